The third-order valence-corrected chi connectivity index (χ3v) is 3.11. The van der Waals surface area contributed by atoms with Crippen LogP contribution in [0, 0.1) is 13.8 Å². The SMILES string of the molecule is CCOC(=O)c1ncn(-c2cccc(C)c2C)c1N. The van der Waals surface area contributed by atoms with Crippen LogP contribution in [0.1, 0.15) is 28.5 Å². The minimum absolute atomic E-state index is 0.155. The maximum absolute atomic E-state index is 11.7. The van der Waals surface area contributed by atoms with E-state index in [1.165, 1.54) is 0 Å². The number of nitrogens with zero attached hydrogens (tertiary/aromatic N) is 2. The summed E-state index contributed by atoms with van der Waals surface area (Å²) in [6, 6.07) is 5.91. The smallest absolute Gasteiger partial charge is 0.360 e. The molecule has 0 aliphatic carbocycles. The number of esters is 1. The standard InChI is InChI=1S/C14H17N3O2/c1-4-19-14(18)12-13(15)17(8-16-12)11-7-5-6-9(2)10(11)3/h5-8H,4,15H2,1-3H3. The number of carbonyl (C=O) groups is 1. The van der Waals surface area contributed by atoms with E-state index in [2.05, 4.69) is 4.98 Å². The van der Waals surface area contributed by atoms with Crippen molar-refractivity contribution in [2.45, 2.75) is 20.8 Å². The van der Waals surface area contributed by atoms with E-state index in [-0.39, 0.29) is 5.69 Å². The molecule has 0 atom stereocenters. The molecular weight excluding hydrogens is 242 g/mol. The molecule has 5 heteroatoms. The number of ether oxygens (including phenoxy) is 1. The van der Waals surface area contributed by atoms with Gasteiger partial charge in [0.2, 0.25) is 0 Å². The molecule has 2 rings (SSSR count). The molecule has 2 aromatic rings. The Labute approximate surface area is 112 Å². The lowest BCUT2D eigenvalue weighted by Gasteiger charge is -2.11. The summed E-state index contributed by atoms with van der Waals surface area (Å²) in [7, 11) is 0. The van der Waals surface area contributed by atoms with Crippen molar-refractivity contribution < 1.29 is 9.53 Å². The zero-order chi connectivity index (χ0) is 14.0. The molecule has 0 aliphatic heterocycles. The summed E-state index contributed by atoms with van der Waals surface area (Å²) in [5, 5.41) is 0. The maximum Gasteiger partial charge on any atom is 0.360 e. The van der Waals surface area contributed by atoms with Gasteiger partial charge in [-0.2, -0.15) is 0 Å². The van der Waals surface area contributed by atoms with Crippen molar-refractivity contribution in [1.82, 2.24) is 9.55 Å². The lowest BCUT2D eigenvalue weighted by atomic mass is 10.1. The van der Waals surface area contributed by atoms with Gasteiger partial charge in [0.25, 0.3) is 0 Å². The quantitative estimate of drug-likeness (QED) is 0.858. The third-order valence-electron chi connectivity index (χ3n) is 3.11. The molecule has 0 saturated heterocycles. The summed E-state index contributed by atoms with van der Waals surface area (Å²) >= 11 is 0. The lowest BCUT2D eigenvalue weighted by Crippen LogP contribution is -2.10. The van der Waals surface area contributed by atoms with E-state index in [9.17, 15) is 4.79 Å². The van der Waals surface area contributed by atoms with Gasteiger partial charge in [-0.1, -0.05) is 12.1 Å². The predicted molar refractivity (Wildman–Crippen MR) is 73.4 cm³/mol. The van der Waals surface area contributed by atoms with E-state index in [1.54, 1.807) is 17.8 Å². The van der Waals surface area contributed by atoms with E-state index in [0.29, 0.717) is 12.4 Å². The van der Waals surface area contributed by atoms with Gasteiger partial charge >= 0.3 is 5.97 Å². The van der Waals surface area contributed by atoms with Crippen molar-refractivity contribution in [3.63, 3.8) is 0 Å². The second-order valence-electron chi connectivity index (χ2n) is 4.29. The molecule has 0 amide bonds. The first-order valence-electron chi connectivity index (χ1n) is 6.12. The number of anilines is 1. The van der Waals surface area contributed by atoms with Crippen LogP contribution in [0.2, 0.25) is 0 Å². The fourth-order valence-electron chi connectivity index (χ4n) is 1.90. The van der Waals surface area contributed by atoms with Crippen molar-refractivity contribution in [3.8, 4) is 5.69 Å². The van der Waals surface area contributed by atoms with E-state index < -0.39 is 5.97 Å². The predicted octanol–water partition coefficient (Wildman–Crippen LogP) is 2.25. The Bertz CT molecular complexity index is 617. The highest BCUT2D eigenvalue weighted by atomic mass is 16.5. The van der Waals surface area contributed by atoms with Crippen molar-refractivity contribution in [3.05, 3.63) is 41.3 Å². The second kappa shape index (κ2) is 5.14. The Hall–Kier alpha value is -2.30. The van der Waals surface area contributed by atoms with Crippen LogP contribution in [-0.4, -0.2) is 22.1 Å². The molecule has 0 fully saturated rings. The van der Waals surface area contributed by atoms with Gasteiger partial charge in [-0.05, 0) is 38.0 Å². The minimum atomic E-state index is -0.496. The van der Waals surface area contributed by atoms with Crippen LogP contribution in [0.3, 0.4) is 0 Å². The number of nitrogen functional groups attached to an aromatic ring is 1. The van der Waals surface area contributed by atoms with E-state index in [4.69, 9.17) is 10.5 Å². The number of rotatable bonds is 3. The van der Waals surface area contributed by atoms with Gasteiger partial charge in [0.05, 0.1) is 12.3 Å². The third kappa shape index (κ3) is 2.31. The van der Waals surface area contributed by atoms with Gasteiger partial charge in [-0.15, -0.1) is 0 Å². The Kier molecular flexibility index (Phi) is 3.55. The summed E-state index contributed by atoms with van der Waals surface area (Å²) in [4.78, 5) is 15.7. The number of imidazole rings is 1. The van der Waals surface area contributed by atoms with Crippen molar-refractivity contribution in [2.24, 2.45) is 0 Å². The Balaban J connectivity index is 2.48. The van der Waals surface area contributed by atoms with E-state index in [0.717, 1.165) is 16.8 Å². The van der Waals surface area contributed by atoms with Crippen LogP contribution in [0.15, 0.2) is 24.5 Å². The summed E-state index contributed by atoms with van der Waals surface area (Å²) in [6.07, 6.45) is 1.54. The van der Waals surface area contributed by atoms with Crippen LogP contribution >= 0.6 is 0 Å². The molecule has 1 aromatic heterocycles. The molecule has 100 valence electrons. The topological polar surface area (TPSA) is 70.1 Å². The summed E-state index contributed by atoms with van der Waals surface area (Å²) in [5.41, 5.74) is 9.31. The second-order valence-corrected chi connectivity index (χ2v) is 4.29. The summed E-state index contributed by atoms with van der Waals surface area (Å²) in [6.45, 7) is 6.08. The van der Waals surface area contributed by atoms with Gasteiger partial charge in [-0.3, -0.25) is 4.57 Å². The molecule has 0 unspecified atom stereocenters. The molecule has 0 bridgehead atoms. The number of hydrogen-bond donors (Lipinski definition) is 1. The summed E-state index contributed by atoms with van der Waals surface area (Å²) in [5.74, 6) is -0.198. The first-order valence-corrected chi connectivity index (χ1v) is 6.12. The zero-order valence-corrected chi connectivity index (χ0v) is 11.3. The molecule has 0 saturated carbocycles. The summed E-state index contributed by atoms with van der Waals surface area (Å²) < 4.78 is 6.62. The normalized spacial score (nSPS) is 10.5. The van der Waals surface area contributed by atoms with Gasteiger partial charge in [-0.25, -0.2) is 9.78 Å². The average Bonchev–Trinajstić information content (AvgIpc) is 2.75. The van der Waals surface area contributed by atoms with Gasteiger partial charge in [0.15, 0.2) is 5.69 Å². The molecular formula is C14H17N3O2. The largest absolute Gasteiger partial charge is 0.461 e. The molecule has 0 radical (unpaired) electrons. The number of hydrogen-bond acceptors (Lipinski definition) is 4. The number of carbonyl (C=O) groups excluding carboxylic acids is 1. The highest BCUT2D eigenvalue weighted by Crippen LogP contribution is 2.22. The molecule has 0 aliphatic rings. The van der Waals surface area contributed by atoms with Crippen LogP contribution in [0.25, 0.3) is 5.69 Å². The molecule has 0 spiro atoms. The highest BCUT2D eigenvalue weighted by molar-refractivity contribution is 5.92. The van der Waals surface area contributed by atoms with Crippen LogP contribution < -0.4 is 5.73 Å². The molecule has 1 aromatic carbocycles. The van der Waals surface area contributed by atoms with Crippen LogP contribution in [-0.2, 0) is 4.74 Å². The molecule has 5 nitrogen and oxygen atoms in total. The van der Waals surface area contributed by atoms with Gasteiger partial charge in [0.1, 0.15) is 12.1 Å². The van der Waals surface area contributed by atoms with Gasteiger partial charge in [0, 0.05) is 0 Å². The van der Waals surface area contributed by atoms with Crippen molar-refractivity contribution >= 4 is 11.8 Å². The minimum Gasteiger partial charge on any atom is -0.461 e. The first kappa shape index (κ1) is 13.1. The van der Waals surface area contributed by atoms with Crippen LogP contribution in [0.5, 0.6) is 0 Å². The fraction of sp³-hybridized carbons (Fsp3) is 0.286. The number of benzene rings is 1. The number of aromatic nitrogens is 2. The zero-order valence-electron chi connectivity index (χ0n) is 11.3. The molecule has 19 heavy (non-hydrogen) atoms. The van der Waals surface area contributed by atoms with E-state index in [1.807, 2.05) is 32.0 Å². The fourth-order valence-corrected chi connectivity index (χ4v) is 1.90. The Morgan fingerprint density at radius 1 is 1.42 bits per heavy atom. The maximum atomic E-state index is 11.7. The Morgan fingerprint density at radius 3 is 2.84 bits per heavy atom. The molecule has 1 heterocycles. The lowest BCUT2D eigenvalue weighted by molar-refractivity contribution is 0.0521. The first-order chi connectivity index (χ1) is 9.06. The van der Waals surface area contributed by atoms with Gasteiger partial charge < -0.3 is 10.5 Å². The highest BCUT2D eigenvalue weighted by Gasteiger charge is 2.18. The number of aryl methyl sites for hydroxylation is 1. The average molecular weight is 259 g/mol. The number of nitrogens with two attached hydrogens (primary N) is 1. The van der Waals surface area contributed by atoms with E-state index >= 15 is 0 Å². The van der Waals surface area contributed by atoms with Crippen molar-refractivity contribution in [2.75, 3.05) is 12.3 Å². The van der Waals surface area contributed by atoms with Crippen molar-refractivity contribution in [1.29, 1.82) is 0 Å². The van der Waals surface area contributed by atoms with Crippen LogP contribution in [0.4, 0.5) is 5.82 Å². The molecule has 2 N–H and O–H groups in total. The monoisotopic (exact) mass is 259 g/mol. The Morgan fingerprint density at radius 2 is 2.16 bits per heavy atom.